The lowest BCUT2D eigenvalue weighted by Gasteiger charge is -2.18. The van der Waals surface area contributed by atoms with Gasteiger partial charge in [0.1, 0.15) is 11.2 Å². The largest absolute Gasteiger partial charge is 0.455 e. The first-order chi connectivity index (χ1) is 22.2. The van der Waals surface area contributed by atoms with Gasteiger partial charge in [-0.05, 0) is 55.9 Å². The van der Waals surface area contributed by atoms with Crippen LogP contribution in [0.3, 0.4) is 0 Å². The van der Waals surface area contributed by atoms with E-state index in [1.54, 1.807) is 6.07 Å². The van der Waals surface area contributed by atoms with Crippen LogP contribution < -0.4 is 0 Å². The Hall–Kier alpha value is -4.88. The molecule has 0 atom stereocenters. The highest BCUT2D eigenvalue weighted by Gasteiger charge is 2.19. The Morgan fingerprint density at radius 1 is 0.526 bits per heavy atom. The third-order valence-corrected chi connectivity index (χ3v) is 7.40. The summed E-state index contributed by atoms with van der Waals surface area (Å²) < 4.78 is 77.9. The van der Waals surface area contributed by atoms with Crippen molar-refractivity contribution in [3.63, 3.8) is 0 Å². The minimum atomic E-state index is -0.424. The molecule has 0 aliphatic carbocycles. The molecule has 38 heavy (non-hydrogen) atoms. The van der Waals surface area contributed by atoms with Crippen molar-refractivity contribution in [1.29, 1.82) is 0 Å². The molecule has 0 N–H and O–H groups in total. The first-order valence-electron chi connectivity index (χ1n) is 16.5. The smallest absolute Gasteiger partial charge is 0.143 e. The summed E-state index contributed by atoms with van der Waals surface area (Å²) in [5.74, 6) is 0. The Kier molecular flexibility index (Phi) is 3.23. The number of rotatable bonds is 3. The fourth-order valence-electron chi connectivity index (χ4n) is 5.73. The van der Waals surface area contributed by atoms with E-state index < -0.39 is 24.2 Å². The fraction of sp³-hybridized carbons (Fsp3) is 0.0270. The van der Waals surface area contributed by atoms with Gasteiger partial charge in [0.25, 0.3) is 0 Å². The molecule has 1 heterocycles. The van der Waals surface area contributed by atoms with Crippen molar-refractivity contribution in [3.05, 3.63) is 144 Å². The molecule has 0 unspecified atom stereocenters. The van der Waals surface area contributed by atoms with Gasteiger partial charge in [-0.15, -0.1) is 0 Å². The Balaban J connectivity index is 1.64. The molecule has 0 aliphatic heterocycles. The van der Waals surface area contributed by atoms with E-state index in [1.807, 2.05) is 78.9 Å². The van der Waals surface area contributed by atoms with E-state index in [9.17, 15) is 5.48 Å². The molecule has 7 aromatic carbocycles. The number of benzene rings is 7. The third-order valence-electron chi connectivity index (χ3n) is 7.40. The van der Waals surface area contributed by atoms with Gasteiger partial charge in [0.15, 0.2) is 0 Å². The van der Waals surface area contributed by atoms with Crippen LogP contribution in [0.2, 0.25) is 0 Å². The first kappa shape index (κ1) is 14.8. The molecule has 0 saturated heterocycles. The number of hydrogen-bond donors (Lipinski definition) is 0. The zero-order valence-electron chi connectivity index (χ0n) is 28.2. The summed E-state index contributed by atoms with van der Waals surface area (Å²) in [7, 11) is 0. The molecule has 0 saturated carbocycles. The Bertz CT molecular complexity index is 2520. The minimum absolute atomic E-state index is 0.174. The van der Waals surface area contributed by atoms with E-state index in [2.05, 4.69) is 0 Å². The maximum atomic E-state index is 9.22. The fourth-order valence-corrected chi connectivity index (χ4v) is 5.73. The van der Waals surface area contributed by atoms with Crippen molar-refractivity contribution >= 4 is 54.3 Å². The highest BCUT2D eigenvalue weighted by atomic mass is 16.3. The molecule has 0 aliphatic rings. The van der Waals surface area contributed by atoms with Gasteiger partial charge in [0.2, 0.25) is 0 Å². The molecular weight excluding hydrogens is 460 g/mol. The summed E-state index contributed by atoms with van der Waals surface area (Å²) >= 11 is 0. The molecule has 1 nitrogen and oxygen atoms in total. The second kappa shape index (κ2) is 8.33. The summed E-state index contributed by atoms with van der Waals surface area (Å²) in [5, 5.41) is 4.41. The standard InChI is InChI=1S/C37H24O/c1-2-14-26-24(11-1)12-9-13-25(26)23-34-27-15-3-5-18-30(27)36(31-19-6-4-16-28(31)34)33-21-10-20-32-29-17-7-8-22-35(29)38-37(32)33/h1-22H,23H2/i3D,4D,5D,6D,15D,16D,18D,19D. The van der Waals surface area contributed by atoms with E-state index in [0.717, 1.165) is 27.1 Å². The summed E-state index contributed by atoms with van der Waals surface area (Å²) in [5.41, 5.74) is 3.15. The van der Waals surface area contributed by atoms with Crippen molar-refractivity contribution in [3.8, 4) is 11.1 Å². The Labute approximate surface area is 231 Å². The second-order valence-electron chi connectivity index (χ2n) is 9.45. The van der Waals surface area contributed by atoms with Crippen LogP contribution in [0.5, 0.6) is 0 Å². The summed E-state index contributed by atoms with van der Waals surface area (Å²) in [4.78, 5) is 0. The van der Waals surface area contributed by atoms with Crippen molar-refractivity contribution in [1.82, 2.24) is 0 Å². The van der Waals surface area contributed by atoms with Crippen molar-refractivity contribution in [2.75, 3.05) is 0 Å². The van der Waals surface area contributed by atoms with Crippen LogP contribution >= 0.6 is 0 Å². The molecular formula is C37H24O. The highest BCUT2D eigenvalue weighted by molar-refractivity contribution is 6.20. The lowest BCUT2D eigenvalue weighted by atomic mass is 9.85. The van der Waals surface area contributed by atoms with Crippen LogP contribution in [0.4, 0.5) is 0 Å². The molecule has 1 heteroatoms. The van der Waals surface area contributed by atoms with Gasteiger partial charge in [-0.1, -0.05) is 127 Å². The molecule has 0 fully saturated rings. The zero-order valence-corrected chi connectivity index (χ0v) is 20.2. The van der Waals surface area contributed by atoms with Gasteiger partial charge in [0, 0.05) is 21.9 Å². The third kappa shape index (κ3) is 3.12. The van der Waals surface area contributed by atoms with Crippen LogP contribution in [-0.2, 0) is 6.42 Å². The van der Waals surface area contributed by atoms with Gasteiger partial charge in [-0.3, -0.25) is 0 Å². The Morgan fingerprint density at radius 2 is 1.13 bits per heavy atom. The van der Waals surface area contributed by atoms with E-state index in [0.29, 0.717) is 22.3 Å². The van der Waals surface area contributed by atoms with Crippen LogP contribution in [-0.4, -0.2) is 0 Å². The van der Waals surface area contributed by atoms with E-state index in [4.69, 9.17) is 9.90 Å². The summed E-state index contributed by atoms with van der Waals surface area (Å²) in [6.45, 7) is 0. The Morgan fingerprint density at radius 3 is 1.92 bits per heavy atom. The number of furan rings is 1. The molecule has 178 valence electrons. The lowest BCUT2D eigenvalue weighted by molar-refractivity contribution is 0.670. The van der Waals surface area contributed by atoms with Crippen molar-refractivity contribution < 1.29 is 15.4 Å². The second-order valence-corrected chi connectivity index (χ2v) is 9.45. The molecule has 0 spiro atoms. The first-order valence-corrected chi connectivity index (χ1v) is 12.5. The van der Waals surface area contributed by atoms with Gasteiger partial charge in [-0.2, -0.15) is 0 Å². The molecule has 0 amide bonds. The minimum Gasteiger partial charge on any atom is -0.455 e. The van der Waals surface area contributed by atoms with Crippen LogP contribution in [0.15, 0.2) is 138 Å². The SMILES string of the molecule is [2H]c1c([2H])c([2H])c2c(-c3cccc4c3oc3ccccc34)c3c([2H])c([2H])c([2H])c([2H])c3c(Cc3cccc4ccccc34)c2c1[2H]. The monoisotopic (exact) mass is 492 g/mol. The van der Waals surface area contributed by atoms with Gasteiger partial charge < -0.3 is 4.42 Å². The van der Waals surface area contributed by atoms with E-state index >= 15 is 0 Å². The van der Waals surface area contributed by atoms with Crippen molar-refractivity contribution in [2.24, 2.45) is 0 Å². The van der Waals surface area contributed by atoms with E-state index in [-0.39, 0.29) is 57.7 Å². The number of fused-ring (bicyclic) bond motifs is 6. The average Bonchev–Trinajstić information content (AvgIpc) is 3.46. The van der Waals surface area contributed by atoms with Crippen LogP contribution in [0.1, 0.15) is 22.1 Å². The van der Waals surface area contributed by atoms with Crippen molar-refractivity contribution in [2.45, 2.75) is 6.42 Å². The van der Waals surface area contributed by atoms with Gasteiger partial charge in [0.05, 0.1) is 11.0 Å². The number of hydrogen-bond acceptors (Lipinski definition) is 1. The quantitative estimate of drug-likeness (QED) is 0.224. The van der Waals surface area contributed by atoms with Crippen LogP contribution in [0, 0.1) is 0 Å². The van der Waals surface area contributed by atoms with E-state index in [1.165, 1.54) is 0 Å². The zero-order chi connectivity index (χ0) is 32.0. The molecule has 8 aromatic rings. The summed E-state index contributed by atoms with van der Waals surface area (Å²) in [6, 6.07) is 24.0. The summed E-state index contributed by atoms with van der Waals surface area (Å²) in [6.07, 6.45) is 0.174. The molecule has 0 bridgehead atoms. The topological polar surface area (TPSA) is 13.1 Å². The normalized spacial score (nSPS) is 14.7. The lowest BCUT2D eigenvalue weighted by Crippen LogP contribution is -1.96. The maximum Gasteiger partial charge on any atom is 0.143 e. The predicted octanol–water partition coefficient (Wildman–Crippen LogP) is 10.3. The van der Waals surface area contributed by atoms with Gasteiger partial charge in [-0.25, -0.2) is 0 Å². The molecule has 1 aromatic heterocycles. The molecule has 0 radical (unpaired) electrons. The highest BCUT2D eigenvalue weighted by Crippen LogP contribution is 2.44. The van der Waals surface area contributed by atoms with Crippen LogP contribution in [0.25, 0.3) is 65.4 Å². The molecule has 8 rings (SSSR count). The van der Waals surface area contributed by atoms with Gasteiger partial charge >= 0.3 is 0 Å². The number of para-hydroxylation sites is 2. The maximum absolute atomic E-state index is 9.22. The predicted molar refractivity (Wildman–Crippen MR) is 161 cm³/mol. The average molecular weight is 493 g/mol.